The molecule has 5 aliphatic rings. The average Bonchev–Trinajstić information content (AvgIpc) is 2.72. The summed E-state index contributed by atoms with van der Waals surface area (Å²) in [5, 5.41) is 0. The molecule has 0 nitrogen and oxygen atoms in total. The van der Waals surface area contributed by atoms with Crippen molar-refractivity contribution < 1.29 is 0 Å². The van der Waals surface area contributed by atoms with Gasteiger partial charge in [-0.3, -0.25) is 0 Å². The summed E-state index contributed by atoms with van der Waals surface area (Å²) in [7, 11) is 0. The first-order chi connectivity index (χ1) is 12.9. The lowest BCUT2D eigenvalue weighted by molar-refractivity contribution is -0.0353. The van der Waals surface area contributed by atoms with Crippen molar-refractivity contribution in [1.82, 2.24) is 0 Å². The van der Waals surface area contributed by atoms with Gasteiger partial charge in [0, 0.05) is 0 Å². The predicted octanol–water partition coefficient (Wildman–Crippen LogP) is 8.01. The third-order valence-corrected chi connectivity index (χ3v) is 10.2. The van der Waals surface area contributed by atoms with Crippen molar-refractivity contribution in [3.05, 3.63) is 0 Å². The standard InChI is InChI=1S/C26H44/c1-3-9-19(10-4-1)25-17-23-15-21-13-7-8-14-22(21)16-24(23)18-26(25)20-11-5-2-6-12-20/h19-26H,1-18H2/t21-,22+,23-,24+,25-,26+. The van der Waals surface area contributed by atoms with Gasteiger partial charge in [-0.2, -0.15) is 0 Å². The summed E-state index contributed by atoms with van der Waals surface area (Å²) in [5.74, 6) is 9.09. The maximum absolute atomic E-state index is 1.67. The summed E-state index contributed by atoms with van der Waals surface area (Å²) in [6.45, 7) is 0. The zero-order valence-corrected chi connectivity index (χ0v) is 17.3. The van der Waals surface area contributed by atoms with Gasteiger partial charge in [-0.05, 0) is 73.0 Å². The Morgan fingerprint density at radius 2 is 0.615 bits per heavy atom. The molecule has 148 valence electrons. The smallest absolute Gasteiger partial charge is 0.0352 e. The first-order valence-corrected chi connectivity index (χ1v) is 12.9. The van der Waals surface area contributed by atoms with Crippen LogP contribution in [0.25, 0.3) is 0 Å². The maximum atomic E-state index is 1.67. The molecule has 0 N–H and O–H groups in total. The van der Waals surface area contributed by atoms with Crippen LogP contribution in [0.5, 0.6) is 0 Å². The largest absolute Gasteiger partial charge is 0.0533 e. The highest BCUT2D eigenvalue weighted by atomic mass is 14.5. The summed E-state index contributed by atoms with van der Waals surface area (Å²) in [6, 6.07) is 0. The lowest BCUT2D eigenvalue weighted by Crippen LogP contribution is -2.44. The summed E-state index contributed by atoms with van der Waals surface area (Å²) >= 11 is 0. The Morgan fingerprint density at radius 3 is 1.04 bits per heavy atom. The first-order valence-electron chi connectivity index (χ1n) is 12.9. The Morgan fingerprint density at radius 1 is 0.269 bits per heavy atom. The average molecular weight is 357 g/mol. The molecule has 0 aromatic heterocycles. The van der Waals surface area contributed by atoms with Crippen LogP contribution in [-0.4, -0.2) is 0 Å². The minimum absolute atomic E-state index is 1.13. The Bertz CT molecular complexity index is 399. The summed E-state index contributed by atoms with van der Waals surface area (Å²) in [5.41, 5.74) is 0. The molecule has 6 atom stereocenters. The van der Waals surface area contributed by atoms with Crippen LogP contribution < -0.4 is 0 Å². The third kappa shape index (κ3) is 3.65. The summed E-state index contributed by atoms with van der Waals surface area (Å²) in [4.78, 5) is 0. The molecule has 0 aromatic carbocycles. The van der Waals surface area contributed by atoms with Gasteiger partial charge in [0.05, 0.1) is 0 Å². The highest BCUT2D eigenvalue weighted by Gasteiger charge is 2.47. The quantitative estimate of drug-likeness (QED) is 0.470. The molecular weight excluding hydrogens is 312 g/mol. The molecule has 0 aromatic rings. The van der Waals surface area contributed by atoms with Crippen molar-refractivity contribution in [1.29, 1.82) is 0 Å². The molecule has 0 unspecified atom stereocenters. The van der Waals surface area contributed by atoms with Crippen molar-refractivity contribution in [3.8, 4) is 0 Å². The van der Waals surface area contributed by atoms with Crippen LogP contribution in [0.4, 0.5) is 0 Å². The van der Waals surface area contributed by atoms with Crippen LogP contribution in [0, 0.1) is 47.3 Å². The summed E-state index contributed by atoms with van der Waals surface area (Å²) < 4.78 is 0. The van der Waals surface area contributed by atoms with Crippen molar-refractivity contribution in [2.24, 2.45) is 47.3 Å². The van der Waals surface area contributed by atoms with Crippen LogP contribution >= 0.6 is 0 Å². The topological polar surface area (TPSA) is 0 Å². The zero-order chi connectivity index (χ0) is 17.3. The molecule has 0 heterocycles. The van der Waals surface area contributed by atoms with E-state index in [1.807, 2.05) is 0 Å². The summed E-state index contributed by atoms with van der Waals surface area (Å²) in [6.07, 6.45) is 28.6. The molecule has 5 aliphatic carbocycles. The first kappa shape index (κ1) is 18.1. The normalized spacial score (nSPS) is 45.7. The van der Waals surface area contributed by atoms with Gasteiger partial charge in [0.1, 0.15) is 0 Å². The van der Waals surface area contributed by atoms with Gasteiger partial charge in [-0.1, -0.05) is 89.9 Å². The second kappa shape index (κ2) is 8.16. The van der Waals surface area contributed by atoms with E-state index in [4.69, 9.17) is 0 Å². The zero-order valence-electron chi connectivity index (χ0n) is 17.3. The van der Waals surface area contributed by atoms with E-state index in [2.05, 4.69) is 0 Å². The van der Waals surface area contributed by atoms with Gasteiger partial charge in [0.15, 0.2) is 0 Å². The fraction of sp³-hybridized carbons (Fsp3) is 1.00. The third-order valence-electron chi connectivity index (χ3n) is 10.2. The Kier molecular flexibility index (Phi) is 5.67. The SMILES string of the molecule is C1CCC([C@H]2C[C@H]3C[C@H]4CCCC[C@H]4C[C@H]3C[C@H]2C2CCCCC2)CC1. The molecule has 0 spiro atoms. The lowest BCUT2D eigenvalue weighted by atomic mass is 9.52. The van der Waals surface area contributed by atoms with Crippen LogP contribution in [0.15, 0.2) is 0 Å². The Hall–Kier alpha value is 0. The Labute approximate surface area is 163 Å². The van der Waals surface area contributed by atoms with Crippen molar-refractivity contribution in [2.45, 2.75) is 116 Å². The second-order valence-electron chi connectivity index (χ2n) is 11.4. The van der Waals surface area contributed by atoms with Crippen LogP contribution in [0.2, 0.25) is 0 Å². The molecule has 0 bridgehead atoms. The van der Waals surface area contributed by atoms with Gasteiger partial charge in [0.25, 0.3) is 0 Å². The second-order valence-corrected chi connectivity index (χ2v) is 11.4. The number of fused-ring (bicyclic) bond motifs is 2. The van der Waals surface area contributed by atoms with Crippen molar-refractivity contribution >= 4 is 0 Å². The highest BCUT2D eigenvalue weighted by Crippen LogP contribution is 2.57. The van der Waals surface area contributed by atoms with E-state index < -0.39 is 0 Å². The van der Waals surface area contributed by atoms with Gasteiger partial charge in [-0.15, -0.1) is 0 Å². The van der Waals surface area contributed by atoms with E-state index in [9.17, 15) is 0 Å². The molecule has 0 saturated heterocycles. The van der Waals surface area contributed by atoms with Crippen LogP contribution in [0.1, 0.15) is 116 Å². The molecule has 5 fully saturated rings. The predicted molar refractivity (Wildman–Crippen MR) is 111 cm³/mol. The monoisotopic (exact) mass is 356 g/mol. The van der Waals surface area contributed by atoms with Gasteiger partial charge in [0.2, 0.25) is 0 Å². The van der Waals surface area contributed by atoms with Crippen LogP contribution in [0.3, 0.4) is 0 Å². The molecule has 0 aliphatic heterocycles. The Balaban J connectivity index is 1.33. The molecule has 0 heteroatoms. The van der Waals surface area contributed by atoms with E-state index >= 15 is 0 Å². The highest BCUT2D eigenvalue weighted by molar-refractivity contribution is 4.97. The molecule has 0 amide bonds. The number of rotatable bonds is 2. The van der Waals surface area contributed by atoms with Crippen LogP contribution in [-0.2, 0) is 0 Å². The van der Waals surface area contributed by atoms with E-state index in [1.54, 1.807) is 103 Å². The lowest BCUT2D eigenvalue weighted by Gasteiger charge is -2.53. The van der Waals surface area contributed by atoms with E-state index in [0.29, 0.717) is 0 Å². The van der Waals surface area contributed by atoms with Gasteiger partial charge in [-0.25, -0.2) is 0 Å². The van der Waals surface area contributed by atoms with E-state index in [-0.39, 0.29) is 0 Å². The fourth-order valence-electron chi connectivity index (χ4n) is 8.90. The van der Waals surface area contributed by atoms with Crippen molar-refractivity contribution in [2.75, 3.05) is 0 Å². The molecule has 0 radical (unpaired) electrons. The minimum atomic E-state index is 1.13. The number of hydrogen-bond donors (Lipinski definition) is 0. The molecular formula is C26H44. The molecule has 5 saturated carbocycles. The molecule has 5 rings (SSSR count). The van der Waals surface area contributed by atoms with Crippen molar-refractivity contribution in [3.63, 3.8) is 0 Å². The van der Waals surface area contributed by atoms with E-state index in [0.717, 1.165) is 47.3 Å². The van der Waals surface area contributed by atoms with Gasteiger partial charge >= 0.3 is 0 Å². The number of hydrogen-bond acceptors (Lipinski definition) is 0. The van der Waals surface area contributed by atoms with E-state index in [1.165, 1.54) is 12.8 Å². The fourth-order valence-corrected chi connectivity index (χ4v) is 8.90. The minimum Gasteiger partial charge on any atom is -0.0533 e. The van der Waals surface area contributed by atoms with Gasteiger partial charge < -0.3 is 0 Å². The molecule has 26 heavy (non-hydrogen) atoms. The maximum Gasteiger partial charge on any atom is -0.0352 e.